The predicted octanol–water partition coefficient (Wildman–Crippen LogP) is 0.517. The van der Waals surface area contributed by atoms with Gasteiger partial charge in [0.05, 0.1) is 7.11 Å². The van der Waals surface area contributed by atoms with E-state index in [0.717, 1.165) is 32.7 Å². The topological polar surface area (TPSA) is 62.8 Å². The number of hydrogen-bond acceptors (Lipinski definition) is 5. The number of carbonyl (C=O) groups excluding carboxylic acids is 1. The van der Waals surface area contributed by atoms with Crippen LogP contribution in [0, 0.1) is 0 Å². The van der Waals surface area contributed by atoms with Crippen LogP contribution in [0.4, 0.5) is 0 Å². The first kappa shape index (κ1) is 18.5. The van der Waals surface area contributed by atoms with Crippen molar-refractivity contribution in [1.82, 2.24) is 15.5 Å². The number of piperazine rings is 1. The molecule has 1 aliphatic heterocycles. The summed E-state index contributed by atoms with van der Waals surface area (Å²) >= 11 is 0. The van der Waals surface area contributed by atoms with Crippen LogP contribution in [0.3, 0.4) is 0 Å². The van der Waals surface area contributed by atoms with Crippen LogP contribution in [0.5, 0.6) is 11.5 Å². The van der Waals surface area contributed by atoms with Crippen LogP contribution in [-0.2, 0) is 4.79 Å². The standard InChI is InChI=1S/C15H23N3O3.ClH/c1-20-13-4-2-3-5-14(13)21-12-15(19)17-8-11-18-9-6-16-7-10-18;/h2-5,16H,6-12H2,1H3,(H,17,19);1H. The van der Waals surface area contributed by atoms with Gasteiger partial charge in [-0.05, 0) is 12.1 Å². The molecule has 1 saturated heterocycles. The fourth-order valence-corrected chi connectivity index (χ4v) is 2.22. The van der Waals surface area contributed by atoms with Gasteiger partial charge in [-0.2, -0.15) is 0 Å². The van der Waals surface area contributed by atoms with E-state index in [2.05, 4.69) is 15.5 Å². The highest BCUT2D eigenvalue weighted by molar-refractivity contribution is 5.85. The van der Waals surface area contributed by atoms with Crippen molar-refractivity contribution < 1.29 is 14.3 Å². The lowest BCUT2D eigenvalue weighted by Gasteiger charge is -2.27. The lowest BCUT2D eigenvalue weighted by molar-refractivity contribution is -0.123. The summed E-state index contributed by atoms with van der Waals surface area (Å²) in [5.41, 5.74) is 0. The lowest BCUT2D eigenvalue weighted by Crippen LogP contribution is -2.46. The number of nitrogens with one attached hydrogen (secondary N) is 2. The van der Waals surface area contributed by atoms with Gasteiger partial charge in [-0.1, -0.05) is 12.1 Å². The van der Waals surface area contributed by atoms with Crippen molar-refractivity contribution in [1.29, 1.82) is 0 Å². The number of carbonyl (C=O) groups is 1. The Hall–Kier alpha value is -1.50. The van der Waals surface area contributed by atoms with Crippen molar-refractivity contribution in [3.05, 3.63) is 24.3 Å². The molecule has 7 heteroatoms. The molecule has 0 atom stereocenters. The summed E-state index contributed by atoms with van der Waals surface area (Å²) in [6, 6.07) is 7.30. The third-order valence-corrected chi connectivity index (χ3v) is 3.39. The van der Waals surface area contributed by atoms with Gasteiger partial charge >= 0.3 is 0 Å². The van der Waals surface area contributed by atoms with Crippen molar-refractivity contribution in [2.24, 2.45) is 0 Å². The molecule has 0 radical (unpaired) electrons. The number of hydrogen-bond donors (Lipinski definition) is 2. The molecule has 1 aromatic rings. The minimum atomic E-state index is -0.115. The van der Waals surface area contributed by atoms with Gasteiger partial charge in [0.25, 0.3) is 5.91 Å². The molecule has 1 aliphatic rings. The molecule has 2 N–H and O–H groups in total. The van der Waals surface area contributed by atoms with Crippen LogP contribution < -0.4 is 20.1 Å². The maximum atomic E-state index is 11.7. The molecule has 0 bridgehead atoms. The molecule has 0 saturated carbocycles. The average Bonchev–Trinajstić information content (AvgIpc) is 2.54. The van der Waals surface area contributed by atoms with Crippen molar-refractivity contribution in [2.45, 2.75) is 0 Å². The summed E-state index contributed by atoms with van der Waals surface area (Å²) < 4.78 is 10.6. The number of benzene rings is 1. The zero-order valence-electron chi connectivity index (χ0n) is 12.8. The normalized spacial score (nSPS) is 14.8. The summed E-state index contributed by atoms with van der Waals surface area (Å²) in [6.45, 7) is 5.63. The van der Waals surface area contributed by atoms with E-state index in [-0.39, 0.29) is 24.9 Å². The van der Waals surface area contributed by atoms with Gasteiger partial charge in [-0.15, -0.1) is 12.4 Å². The molecule has 22 heavy (non-hydrogen) atoms. The van der Waals surface area contributed by atoms with Crippen LogP contribution >= 0.6 is 12.4 Å². The Morgan fingerprint density at radius 1 is 1.27 bits per heavy atom. The van der Waals surface area contributed by atoms with Gasteiger partial charge in [-0.25, -0.2) is 0 Å². The zero-order valence-corrected chi connectivity index (χ0v) is 13.7. The number of amides is 1. The Morgan fingerprint density at radius 3 is 2.64 bits per heavy atom. The number of rotatable bonds is 7. The maximum absolute atomic E-state index is 11.7. The second-order valence-corrected chi connectivity index (χ2v) is 4.88. The summed E-state index contributed by atoms with van der Waals surface area (Å²) in [7, 11) is 1.58. The number of nitrogens with zero attached hydrogens (tertiary/aromatic N) is 1. The summed E-state index contributed by atoms with van der Waals surface area (Å²) in [4.78, 5) is 14.1. The van der Waals surface area contributed by atoms with Gasteiger partial charge in [-0.3, -0.25) is 9.69 Å². The number of halogens is 1. The smallest absolute Gasteiger partial charge is 0.257 e. The molecule has 1 amide bonds. The molecule has 2 rings (SSSR count). The molecule has 0 unspecified atom stereocenters. The van der Waals surface area contributed by atoms with Crippen LogP contribution in [0.1, 0.15) is 0 Å². The molecular weight excluding hydrogens is 306 g/mol. The Labute approximate surface area is 137 Å². The maximum Gasteiger partial charge on any atom is 0.257 e. The molecule has 1 heterocycles. The first-order chi connectivity index (χ1) is 10.3. The van der Waals surface area contributed by atoms with Gasteiger partial charge in [0.2, 0.25) is 0 Å². The molecule has 124 valence electrons. The number of methoxy groups -OCH3 is 1. The zero-order chi connectivity index (χ0) is 14.9. The third-order valence-electron chi connectivity index (χ3n) is 3.39. The quantitative estimate of drug-likeness (QED) is 0.763. The molecule has 1 fully saturated rings. The van der Waals surface area contributed by atoms with Crippen LogP contribution in [0.15, 0.2) is 24.3 Å². The van der Waals surface area contributed by atoms with Crippen LogP contribution in [-0.4, -0.2) is 63.8 Å². The Morgan fingerprint density at radius 2 is 1.95 bits per heavy atom. The van der Waals surface area contributed by atoms with Crippen molar-refractivity contribution in [2.75, 3.05) is 53.0 Å². The van der Waals surface area contributed by atoms with Crippen molar-refractivity contribution in [3.63, 3.8) is 0 Å². The Kier molecular flexibility index (Phi) is 8.65. The van der Waals surface area contributed by atoms with Gasteiger partial charge < -0.3 is 20.1 Å². The molecule has 6 nitrogen and oxygen atoms in total. The van der Waals surface area contributed by atoms with Crippen LogP contribution in [0.25, 0.3) is 0 Å². The van der Waals surface area contributed by atoms with Crippen molar-refractivity contribution in [3.8, 4) is 11.5 Å². The fourth-order valence-electron chi connectivity index (χ4n) is 2.22. The monoisotopic (exact) mass is 329 g/mol. The van der Waals surface area contributed by atoms with Gasteiger partial charge in [0.1, 0.15) is 0 Å². The van der Waals surface area contributed by atoms with Gasteiger partial charge in [0.15, 0.2) is 18.1 Å². The molecule has 0 spiro atoms. The highest BCUT2D eigenvalue weighted by Crippen LogP contribution is 2.25. The number of para-hydroxylation sites is 2. The van der Waals surface area contributed by atoms with E-state index >= 15 is 0 Å². The largest absolute Gasteiger partial charge is 0.493 e. The summed E-state index contributed by atoms with van der Waals surface area (Å²) in [5.74, 6) is 1.10. The average molecular weight is 330 g/mol. The minimum Gasteiger partial charge on any atom is -0.493 e. The van der Waals surface area contributed by atoms with Crippen LogP contribution in [0.2, 0.25) is 0 Å². The second-order valence-electron chi connectivity index (χ2n) is 4.88. The van der Waals surface area contributed by atoms with E-state index < -0.39 is 0 Å². The third kappa shape index (κ3) is 6.09. The first-order valence-electron chi connectivity index (χ1n) is 7.25. The van der Waals surface area contributed by atoms with E-state index in [1.807, 2.05) is 12.1 Å². The Bertz CT molecular complexity index is 453. The fraction of sp³-hybridized carbons (Fsp3) is 0.533. The highest BCUT2D eigenvalue weighted by atomic mass is 35.5. The molecule has 0 aliphatic carbocycles. The van der Waals surface area contributed by atoms with E-state index in [0.29, 0.717) is 18.0 Å². The SMILES string of the molecule is COc1ccccc1OCC(=O)NCCN1CCNCC1.Cl. The lowest BCUT2D eigenvalue weighted by atomic mass is 10.3. The summed E-state index contributed by atoms with van der Waals surface area (Å²) in [5, 5.41) is 6.17. The second kappa shape index (κ2) is 10.3. The summed E-state index contributed by atoms with van der Waals surface area (Å²) in [6.07, 6.45) is 0. The minimum absolute atomic E-state index is 0. The van der Waals surface area contributed by atoms with E-state index in [1.54, 1.807) is 19.2 Å². The van der Waals surface area contributed by atoms with Crippen molar-refractivity contribution >= 4 is 18.3 Å². The molecular formula is C15H24ClN3O3. The molecule has 1 aromatic carbocycles. The van der Waals surface area contributed by atoms with E-state index in [4.69, 9.17) is 9.47 Å². The first-order valence-corrected chi connectivity index (χ1v) is 7.25. The highest BCUT2D eigenvalue weighted by Gasteiger charge is 2.10. The number of ether oxygens (including phenoxy) is 2. The van der Waals surface area contributed by atoms with E-state index in [9.17, 15) is 4.79 Å². The predicted molar refractivity (Wildman–Crippen MR) is 88.1 cm³/mol. The van der Waals surface area contributed by atoms with Gasteiger partial charge in [0, 0.05) is 39.3 Å². The Balaban J connectivity index is 0.00000242. The van der Waals surface area contributed by atoms with E-state index in [1.165, 1.54) is 0 Å². The molecule has 0 aromatic heterocycles.